The largest absolute Gasteiger partial charge is 0.488 e. The molecule has 1 saturated heterocycles. The highest BCUT2D eigenvalue weighted by atomic mass is 16.5. The van der Waals surface area contributed by atoms with E-state index in [1.54, 1.807) is 36.2 Å². The van der Waals surface area contributed by atoms with E-state index in [2.05, 4.69) is 0 Å². The van der Waals surface area contributed by atoms with Crippen molar-refractivity contribution in [2.75, 3.05) is 38.3 Å². The van der Waals surface area contributed by atoms with Crippen LogP contribution in [0.5, 0.6) is 0 Å². The van der Waals surface area contributed by atoms with Crippen LogP contribution in [0.25, 0.3) is 0 Å². The van der Waals surface area contributed by atoms with E-state index in [1.807, 2.05) is 0 Å². The van der Waals surface area contributed by atoms with Crippen LogP contribution in [0.1, 0.15) is 0 Å². The smallest absolute Gasteiger partial charge is 0.423 e. The lowest BCUT2D eigenvalue weighted by molar-refractivity contribution is 0.0551. The minimum Gasteiger partial charge on any atom is -0.423 e. The fraction of sp³-hybridized carbons (Fsp3) is 0.417. The average Bonchev–Trinajstić information content (AvgIpc) is 2.46. The second-order valence-corrected chi connectivity index (χ2v) is 4.41. The van der Waals surface area contributed by atoms with Crippen LogP contribution in [0, 0.1) is 0 Å². The molecule has 1 aromatic rings. The van der Waals surface area contributed by atoms with Gasteiger partial charge < -0.3 is 19.7 Å². The molecule has 0 unspecified atom stereocenters. The van der Waals surface area contributed by atoms with Gasteiger partial charge in [0.15, 0.2) is 0 Å². The fourth-order valence-electron chi connectivity index (χ4n) is 1.97. The van der Waals surface area contributed by atoms with Crippen LogP contribution in [0.2, 0.25) is 0 Å². The normalized spacial score (nSPS) is 15.2. The quantitative estimate of drug-likeness (QED) is 0.690. The lowest BCUT2D eigenvalue weighted by Gasteiger charge is -2.31. The molecule has 0 atom stereocenters. The summed E-state index contributed by atoms with van der Waals surface area (Å²) in [6.45, 7) is 2.25. The van der Waals surface area contributed by atoms with E-state index in [1.165, 1.54) is 4.90 Å². The zero-order valence-electron chi connectivity index (χ0n) is 10.8. The number of hydrogen-bond acceptors (Lipinski definition) is 4. The van der Waals surface area contributed by atoms with Crippen molar-refractivity contribution in [1.29, 1.82) is 0 Å². The Labute approximate surface area is 112 Å². The first kappa shape index (κ1) is 13.9. The lowest BCUT2D eigenvalue weighted by Crippen LogP contribution is -2.47. The minimum atomic E-state index is -1.54. The number of anilines is 1. The molecule has 0 aromatic heterocycles. The summed E-state index contributed by atoms with van der Waals surface area (Å²) in [7, 11) is 0.132. The predicted octanol–water partition coefficient (Wildman–Crippen LogP) is -0.745. The maximum absolute atomic E-state index is 12.3. The van der Waals surface area contributed by atoms with Crippen molar-refractivity contribution in [3.63, 3.8) is 0 Å². The molecule has 1 fully saturated rings. The van der Waals surface area contributed by atoms with Crippen LogP contribution in [0.15, 0.2) is 24.3 Å². The molecule has 19 heavy (non-hydrogen) atoms. The number of amides is 2. The summed E-state index contributed by atoms with van der Waals surface area (Å²) < 4.78 is 5.21. The monoisotopic (exact) mass is 264 g/mol. The van der Waals surface area contributed by atoms with Crippen LogP contribution in [0.3, 0.4) is 0 Å². The molecule has 0 aliphatic carbocycles. The maximum Gasteiger partial charge on any atom is 0.488 e. The summed E-state index contributed by atoms with van der Waals surface area (Å²) in [5, 5.41) is 18.3. The molecule has 7 heteroatoms. The molecule has 2 rings (SSSR count). The van der Waals surface area contributed by atoms with Gasteiger partial charge in [-0.2, -0.15) is 0 Å². The van der Waals surface area contributed by atoms with E-state index < -0.39 is 7.12 Å². The van der Waals surface area contributed by atoms with Gasteiger partial charge in [-0.15, -0.1) is 0 Å². The highest BCUT2D eigenvalue weighted by molar-refractivity contribution is 6.58. The van der Waals surface area contributed by atoms with Crippen molar-refractivity contribution in [1.82, 2.24) is 4.90 Å². The van der Waals surface area contributed by atoms with Gasteiger partial charge in [-0.05, 0) is 17.6 Å². The molecule has 1 aliphatic rings. The molecule has 0 saturated carbocycles. The lowest BCUT2D eigenvalue weighted by atomic mass is 9.80. The van der Waals surface area contributed by atoms with Crippen molar-refractivity contribution in [2.24, 2.45) is 0 Å². The molecule has 1 aromatic carbocycles. The highest BCUT2D eigenvalue weighted by Crippen LogP contribution is 2.13. The summed E-state index contributed by atoms with van der Waals surface area (Å²) in [4.78, 5) is 15.5. The zero-order valence-corrected chi connectivity index (χ0v) is 10.8. The number of nitrogens with zero attached hydrogens (tertiary/aromatic N) is 2. The first-order valence-corrected chi connectivity index (χ1v) is 6.16. The third-order valence-corrected chi connectivity index (χ3v) is 3.12. The highest BCUT2D eigenvalue weighted by Gasteiger charge is 2.22. The Bertz CT molecular complexity index is 449. The van der Waals surface area contributed by atoms with E-state index in [-0.39, 0.29) is 6.03 Å². The Kier molecular flexibility index (Phi) is 4.41. The number of carbonyl (C=O) groups excluding carboxylic acids is 1. The minimum absolute atomic E-state index is 0.118. The standard InChI is InChI=1S/C12H17BN2O4/c1-14(12(16)15-5-7-19-8-6-15)11-4-2-3-10(9-11)13(17)18/h2-4,9,17-18H,5-8H2,1H3. The second kappa shape index (κ2) is 6.05. The molecule has 2 amide bonds. The Hall–Kier alpha value is -1.57. The van der Waals surface area contributed by atoms with E-state index in [0.717, 1.165) is 0 Å². The number of morpholine rings is 1. The average molecular weight is 264 g/mol. The molecule has 0 radical (unpaired) electrons. The number of hydrogen-bond donors (Lipinski definition) is 2. The number of urea groups is 1. The van der Waals surface area contributed by atoms with Gasteiger partial charge in [-0.25, -0.2) is 4.79 Å². The van der Waals surface area contributed by atoms with Gasteiger partial charge in [0.05, 0.1) is 13.2 Å². The van der Waals surface area contributed by atoms with Gasteiger partial charge in [0.1, 0.15) is 0 Å². The second-order valence-electron chi connectivity index (χ2n) is 4.41. The van der Waals surface area contributed by atoms with Crippen molar-refractivity contribution >= 4 is 24.3 Å². The van der Waals surface area contributed by atoms with Gasteiger partial charge in [0, 0.05) is 25.8 Å². The number of rotatable bonds is 2. The fourth-order valence-corrected chi connectivity index (χ4v) is 1.97. The molecule has 1 heterocycles. The number of ether oxygens (including phenoxy) is 1. The van der Waals surface area contributed by atoms with Crippen LogP contribution < -0.4 is 10.4 Å². The Morgan fingerprint density at radius 1 is 1.37 bits per heavy atom. The Balaban J connectivity index is 2.11. The van der Waals surface area contributed by atoms with Crippen molar-refractivity contribution in [2.45, 2.75) is 0 Å². The van der Waals surface area contributed by atoms with Crippen molar-refractivity contribution in [3.8, 4) is 0 Å². The van der Waals surface area contributed by atoms with Crippen molar-refractivity contribution < 1.29 is 19.6 Å². The van der Waals surface area contributed by atoms with Gasteiger partial charge in [0.25, 0.3) is 0 Å². The van der Waals surface area contributed by atoms with E-state index >= 15 is 0 Å². The molecule has 6 nitrogen and oxygen atoms in total. The molecule has 1 aliphatic heterocycles. The molecular formula is C12H17BN2O4. The zero-order chi connectivity index (χ0) is 13.8. The summed E-state index contributed by atoms with van der Waals surface area (Å²) in [6.07, 6.45) is 0. The topological polar surface area (TPSA) is 73.2 Å². The third-order valence-electron chi connectivity index (χ3n) is 3.12. The maximum atomic E-state index is 12.3. The van der Waals surface area contributed by atoms with Gasteiger partial charge in [-0.3, -0.25) is 4.90 Å². The predicted molar refractivity (Wildman–Crippen MR) is 72.5 cm³/mol. The van der Waals surface area contributed by atoms with E-state index in [9.17, 15) is 4.79 Å². The molecular weight excluding hydrogens is 247 g/mol. The van der Waals surface area contributed by atoms with Gasteiger partial charge >= 0.3 is 13.1 Å². The number of benzene rings is 1. The van der Waals surface area contributed by atoms with E-state index in [0.29, 0.717) is 37.5 Å². The molecule has 2 N–H and O–H groups in total. The molecule has 0 spiro atoms. The summed E-state index contributed by atoms with van der Waals surface area (Å²) >= 11 is 0. The van der Waals surface area contributed by atoms with Crippen LogP contribution in [-0.2, 0) is 4.74 Å². The first-order chi connectivity index (χ1) is 9.09. The third kappa shape index (κ3) is 3.26. The van der Waals surface area contributed by atoms with Gasteiger partial charge in [0.2, 0.25) is 0 Å². The molecule has 102 valence electrons. The SMILES string of the molecule is CN(C(=O)N1CCOCC1)c1cccc(B(O)O)c1. The van der Waals surface area contributed by atoms with Crippen LogP contribution in [-0.4, -0.2) is 61.4 Å². The van der Waals surface area contributed by atoms with Crippen molar-refractivity contribution in [3.05, 3.63) is 24.3 Å². The number of carbonyl (C=O) groups is 1. The summed E-state index contributed by atoms with van der Waals surface area (Å²) in [6, 6.07) is 6.51. The Morgan fingerprint density at radius 2 is 2.05 bits per heavy atom. The summed E-state index contributed by atoms with van der Waals surface area (Å²) in [5.41, 5.74) is 0.987. The first-order valence-electron chi connectivity index (χ1n) is 6.16. The van der Waals surface area contributed by atoms with E-state index in [4.69, 9.17) is 14.8 Å². The van der Waals surface area contributed by atoms with Crippen LogP contribution >= 0.6 is 0 Å². The van der Waals surface area contributed by atoms with Crippen LogP contribution in [0.4, 0.5) is 10.5 Å². The molecule has 0 bridgehead atoms. The Morgan fingerprint density at radius 3 is 2.68 bits per heavy atom. The van der Waals surface area contributed by atoms with Gasteiger partial charge in [-0.1, -0.05) is 12.1 Å². The summed E-state index contributed by atoms with van der Waals surface area (Å²) in [5.74, 6) is 0.